The van der Waals surface area contributed by atoms with Crippen LogP contribution in [0.25, 0.3) is 11.5 Å². The molecule has 4 rings (SSSR count). The van der Waals surface area contributed by atoms with Crippen molar-refractivity contribution in [2.75, 3.05) is 24.7 Å². The van der Waals surface area contributed by atoms with E-state index in [1.807, 2.05) is 19.9 Å². The first kappa shape index (κ1) is 14.9. The van der Waals surface area contributed by atoms with Crippen LogP contribution in [0.5, 0.6) is 0 Å². The van der Waals surface area contributed by atoms with Gasteiger partial charge in [-0.15, -0.1) is 0 Å². The van der Waals surface area contributed by atoms with E-state index in [1.165, 1.54) is 4.90 Å². The highest BCUT2D eigenvalue weighted by Gasteiger charge is 2.47. The van der Waals surface area contributed by atoms with E-state index in [4.69, 9.17) is 9.15 Å². The number of urea groups is 1. The molecule has 7 heteroatoms. The molecule has 0 aliphatic carbocycles. The second kappa shape index (κ2) is 5.45. The lowest BCUT2D eigenvalue weighted by Crippen LogP contribution is -2.45. The number of benzene rings is 1. The Labute approximate surface area is 138 Å². The van der Waals surface area contributed by atoms with Gasteiger partial charge in [0.2, 0.25) is 5.89 Å². The molecule has 1 aromatic heterocycles. The number of anilines is 1. The highest BCUT2D eigenvalue weighted by Crippen LogP contribution is 2.30. The number of carbonyl (C=O) groups excluding carboxylic acids is 2. The Morgan fingerprint density at radius 1 is 1.25 bits per heavy atom. The lowest BCUT2D eigenvalue weighted by atomic mass is 10.2. The van der Waals surface area contributed by atoms with Gasteiger partial charge in [-0.2, -0.15) is 0 Å². The van der Waals surface area contributed by atoms with E-state index >= 15 is 0 Å². The quantitative estimate of drug-likeness (QED) is 0.790. The van der Waals surface area contributed by atoms with Crippen molar-refractivity contribution in [3.8, 4) is 11.5 Å². The zero-order valence-corrected chi connectivity index (χ0v) is 13.5. The monoisotopic (exact) mass is 327 g/mol. The first-order chi connectivity index (χ1) is 11.6. The smallest absolute Gasteiger partial charge is 0.332 e. The summed E-state index contributed by atoms with van der Waals surface area (Å²) in [6.07, 6.45) is 0. The molecule has 3 amide bonds. The Balaban J connectivity index is 1.71. The van der Waals surface area contributed by atoms with Crippen molar-refractivity contribution in [2.24, 2.45) is 0 Å². The van der Waals surface area contributed by atoms with Crippen molar-refractivity contribution >= 4 is 17.6 Å². The van der Waals surface area contributed by atoms with E-state index in [1.54, 1.807) is 23.1 Å². The zero-order chi connectivity index (χ0) is 16.8. The fraction of sp³-hybridized carbons (Fsp3) is 0.353. The molecule has 0 radical (unpaired) electrons. The second-order valence-corrected chi connectivity index (χ2v) is 5.95. The topological polar surface area (TPSA) is 75.9 Å². The lowest BCUT2D eigenvalue weighted by Gasteiger charge is -2.26. The Morgan fingerprint density at radius 3 is 2.79 bits per heavy atom. The molecule has 124 valence electrons. The minimum absolute atomic E-state index is 0.249. The number of fused-ring (bicyclic) bond motifs is 1. The number of carbonyl (C=O) groups is 2. The largest absolute Gasteiger partial charge is 0.441 e. The molecule has 1 atom stereocenters. The van der Waals surface area contributed by atoms with Crippen molar-refractivity contribution in [1.82, 2.24) is 9.88 Å². The third-order valence-electron chi connectivity index (χ3n) is 4.45. The van der Waals surface area contributed by atoms with Crippen LogP contribution in [0.1, 0.15) is 11.5 Å². The molecule has 2 saturated heterocycles. The van der Waals surface area contributed by atoms with Gasteiger partial charge < -0.3 is 14.1 Å². The van der Waals surface area contributed by atoms with E-state index in [2.05, 4.69) is 4.98 Å². The van der Waals surface area contributed by atoms with Gasteiger partial charge in [0.1, 0.15) is 11.8 Å². The van der Waals surface area contributed by atoms with Gasteiger partial charge in [0, 0.05) is 12.1 Å². The van der Waals surface area contributed by atoms with E-state index in [9.17, 15) is 9.59 Å². The fourth-order valence-corrected chi connectivity index (χ4v) is 3.02. The second-order valence-electron chi connectivity index (χ2n) is 5.95. The average Bonchev–Trinajstić information content (AvgIpc) is 3.06. The number of oxazole rings is 1. The maximum absolute atomic E-state index is 12.6. The zero-order valence-electron chi connectivity index (χ0n) is 13.5. The number of morpholine rings is 1. The summed E-state index contributed by atoms with van der Waals surface area (Å²) in [5, 5.41) is 0. The molecule has 0 saturated carbocycles. The van der Waals surface area contributed by atoms with Crippen LogP contribution in [0.15, 0.2) is 28.7 Å². The van der Waals surface area contributed by atoms with Crippen LogP contribution in [-0.4, -0.2) is 47.6 Å². The fourth-order valence-electron chi connectivity index (χ4n) is 3.02. The molecule has 24 heavy (non-hydrogen) atoms. The number of hydrogen-bond donors (Lipinski definition) is 0. The van der Waals surface area contributed by atoms with E-state index in [0.29, 0.717) is 24.7 Å². The summed E-state index contributed by atoms with van der Waals surface area (Å²) in [5.41, 5.74) is 2.06. The van der Waals surface area contributed by atoms with Crippen LogP contribution in [-0.2, 0) is 9.53 Å². The summed E-state index contributed by atoms with van der Waals surface area (Å²) < 4.78 is 11.0. The molecule has 2 aromatic rings. The summed E-state index contributed by atoms with van der Waals surface area (Å²) in [5.74, 6) is 0.974. The van der Waals surface area contributed by atoms with Crippen LogP contribution in [0, 0.1) is 13.8 Å². The standard InChI is InChI=1S/C17H17N3O4/c1-10-11(2)24-15(18-10)12-4-3-5-13(8-12)20-16(21)14-9-23-7-6-19(14)17(20)22/h3-5,8,14H,6-7,9H2,1-2H3. The normalized spacial score (nSPS) is 20.7. The van der Waals surface area contributed by atoms with Crippen molar-refractivity contribution in [1.29, 1.82) is 0 Å². The SMILES string of the molecule is Cc1nc(-c2cccc(N3C(=O)C4COCCN4C3=O)c2)oc1C. The molecule has 2 aliphatic rings. The Kier molecular flexibility index (Phi) is 3.38. The van der Waals surface area contributed by atoms with Crippen LogP contribution in [0.2, 0.25) is 0 Å². The molecule has 0 bridgehead atoms. The third-order valence-corrected chi connectivity index (χ3v) is 4.45. The van der Waals surface area contributed by atoms with Gasteiger partial charge in [0.05, 0.1) is 24.6 Å². The van der Waals surface area contributed by atoms with Crippen LogP contribution in [0.3, 0.4) is 0 Å². The first-order valence-corrected chi connectivity index (χ1v) is 7.83. The number of hydrogen-bond acceptors (Lipinski definition) is 5. The predicted octanol–water partition coefficient (Wildman–Crippen LogP) is 2.13. The number of imide groups is 1. The van der Waals surface area contributed by atoms with Crippen LogP contribution >= 0.6 is 0 Å². The van der Waals surface area contributed by atoms with Gasteiger partial charge in [0.25, 0.3) is 5.91 Å². The first-order valence-electron chi connectivity index (χ1n) is 7.83. The summed E-state index contributed by atoms with van der Waals surface area (Å²) in [7, 11) is 0. The molecule has 2 aliphatic heterocycles. The van der Waals surface area contributed by atoms with Crippen LogP contribution in [0.4, 0.5) is 10.5 Å². The molecule has 7 nitrogen and oxygen atoms in total. The maximum Gasteiger partial charge on any atom is 0.332 e. The minimum atomic E-state index is -0.527. The average molecular weight is 327 g/mol. The lowest BCUT2D eigenvalue weighted by molar-refractivity contribution is -0.123. The van der Waals surface area contributed by atoms with Crippen molar-refractivity contribution in [3.63, 3.8) is 0 Å². The molecule has 0 N–H and O–H groups in total. The Morgan fingerprint density at radius 2 is 2.08 bits per heavy atom. The molecule has 3 heterocycles. The number of nitrogens with zero attached hydrogens (tertiary/aromatic N) is 3. The van der Waals surface area contributed by atoms with Crippen molar-refractivity contribution in [2.45, 2.75) is 19.9 Å². The molecular formula is C17H17N3O4. The number of aryl methyl sites for hydroxylation is 2. The summed E-state index contributed by atoms with van der Waals surface area (Å²) in [4.78, 5) is 32.3. The highest BCUT2D eigenvalue weighted by molar-refractivity contribution is 6.21. The predicted molar refractivity (Wildman–Crippen MR) is 85.6 cm³/mol. The van der Waals surface area contributed by atoms with Gasteiger partial charge in [0.15, 0.2) is 0 Å². The molecular weight excluding hydrogens is 310 g/mol. The van der Waals surface area contributed by atoms with Crippen LogP contribution < -0.4 is 4.90 Å². The van der Waals surface area contributed by atoms with Crippen molar-refractivity contribution in [3.05, 3.63) is 35.7 Å². The molecule has 0 spiro atoms. The summed E-state index contributed by atoms with van der Waals surface area (Å²) in [6.45, 7) is 4.86. The summed E-state index contributed by atoms with van der Waals surface area (Å²) >= 11 is 0. The number of amides is 3. The van der Waals surface area contributed by atoms with Crippen molar-refractivity contribution < 1.29 is 18.7 Å². The van der Waals surface area contributed by atoms with Gasteiger partial charge in [-0.25, -0.2) is 14.7 Å². The Hall–Kier alpha value is -2.67. The third kappa shape index (κ3) is 2.20. The van der Waals surface area contributed by atoms with E-state index in [0.717, 1.165) is 17.0 Å². The van der Waals surface area contributed by atoms with Gasteiger partial charge in [-0.05, 0) is 32.0 Å². The highest BCUT2D eigenvalue weighted by atomic mass is 16.5. The Bertz CT molecular complexity index is 785. The van der Waals surface area contributed by atoms with E-state index < -0.39 is 6.04 Å². The number of ether oxygens (including phenoxy) is 1. The maximum atomic E-state index is 12.6. The van der Waals surface area contributed by atoms with Gasteiger partial charge >= 0.3 is 6.03 Å². The van der Waals surface area contributed by atoms with Gasteiger partial charge in [-0.3, -0.25) is 4.79 Å². The molecule has 1 aromatic carbocycles. The summed E-state index contributed by atoms with van der Waals surface area (Å²) in [6, 6.07) is 6.29. The molecule has 2 fully saturated rings. The van der Waals surface area contributed by atoms with Gasteiger partial charge in [-0.1, -0.05) is 6.07 Å². The number of aromatic nitrogens is 1. The molecule has 1 unspecified atom stereocenters. The van der Waals surface area contributed by atoms with E-state index in [-0.39, 0.29) is 18.5 Å². The number of rotatable bonds is 2. The minimum Gasteiger partial charge on any atom is -0.441 e.